The summed E-state index contributed by atoms with van der Waals surface area (Å²) in [5, 5.41) is 14.3. The predicted molar refractivity (Wildman–Crippen MR) is 82.0 cm³/mol. The van der Waals surface area contributed by atoms with Crippen LogP contribution in [0.1, 0.15) is 5.56 Å². The number of benzene rings is 2. The SMILES string of the molecule is N#C/C(=C/NCc1cccc(F)c1)C(=O)Nc1ccc(F)cc1. The third-order valence-corrected chi connectivity index (χ3v) is 2.91. The lowest BCUT2D eigenvalue weighted by Gasteiger charge is -2.05. The minimum atomic E-state index is -0.620. The largest absolute Gasteiger partial charge is 0.386 e. The molecular formula is C17H13F2N3O. The van der Waals surface area contributed by atoms with Crippen LogP contribution < -0.4 is 10.6 Å². The van der Waals surface area contributed by atoms with Crippen molar-refractivity contribution in [2.45, 2.75) is 6.54 Å². The standard InChI is InChI=1S/C17H13F2N3O/c18-14-4-6-16(7-5-14)22-17(23)13(9-20)11-21-10-12-2-1-3-15(19)8-12/h1-8,11,21H,10H2,(H,22,23)/b13-11-. The molecule has 0 radical (unpaired) electrons. The summed E-state index contributed by atoms with van der Waals surface area (Å²) in [5.41, 5.74) is 0.908. The average Bonchev–Trinajstić information content (AvgIpc) is 2.54. The van der Waals surface area contributed by atoms with Crippen molar-refractivity contribution in [3.8, 4) is 6.07 Å². The van der Waals surface area contributed by atoms with Gasteiger partial charge in [0.2, 0.25) is 0 Å². The number of rotatable bonds is 5. The molecule has 1 amide bonds. The molecule has 6 heteroatoms. The Morgan fingerprint density at radius 1 is 1.13 bits per heavy atom. The zero-order valence-corrected chi connectivity index (χ0v) is 12.0. The highest BCUT2D eigenvalue weighted by atomic mass is 19.1. The molecule has 0 saturated carbocycles. The van der Waals surface area contributed by atoms with E-state index in [1.165, 1.54) is 42.6 Å². The maximum absolute atomic E-state index is 13.0. The highest BCUT2D eigenvalue weighted by Crippen LogP contribution is 2.09. The minimum absolute atomic E-state index is 0.147. The highest BCUT2D eigenvalue weighted by Gasteiger charge is 2.09. The van der Waals surface area contributed by atoms with Crippen LogP contribution in [0.4, 0.5) is 14.5 Å². The van der Waals surface area contributed by atoms with Crippen LogP contribution in [0.15, 0.2) is 60.3 Å². The summed E-state index contributed by atoms with van der Waals surface area (Å²) < 4.78 is 25.8. The molecule has 2 aromatic carbocycles. The van der Waals surface area contributed by atoms with Crippen LogP contribution in [-0.2, 0) is 11.3 Å². The lowest BCUT2D eigenvalue weighted by Crippen LogP contribution is -2.16. The highest BCUT2D eigenvalue weighted by molar-refractivity contribution is 6.06. The van der Waals surface area contributed by atoms with Crippen LogP contribution in [0, 0.1) is 23.0 Å². The molecule has 23 heavy (non-hydrogen) atoms. The average molecular weight is 313 g/mol. The number of carbonyl (C=O) groups excluding carboxylic acids is 1. The molecule has 4 nitrogen and oxygen atoms in total. The van der Waals surface area contributed by atoms with Gasteiger partial charge in [-0.15, -0.1) is 0 Å². The lowest BCUT2D eigenvalue weighted by atomic mass is 10.2. The molecule has 2 N–H and O–H groups in total. The predicted octanol–water partition coefficient (Wildman–Crippen LogP) is 3.10. The lowest BCUT2D eigenvalue weighted by molar-refractivity contribution is -0.112. The zero-order valence-electron chi connectivity index (χ0n) is 12.0. The van der Waals surface area contributed by atoms with Gasteiger partial charge in [-0.25, -0.2) is 8.78 Å². The van der Waals surface area contributed by atoms with Crippen LogP contribution in [0.2, 0.25) is 0 Å². The van der Waals surface area contributed by atoms with E-state index in [-0.39, 0.29) is 17.9 Å². The monoisotopic (exact) mass is 313 g/mol. The zero-order chi connectivity index (χ0) is 16.7. The van der Waals surface area contributed by atoms with E-state index in [2.05, 4.69) is 10.6 Å². The number of halogens is 2. The van der Waals surface area contributed by atoms with E-state index in [1.54, 1.807) is 18.2 Å². The molecule has 0 aliphatic carbocycles. The maximum atomic E-state index is 13.0. The third kappa shape index (κ3) is 4.93. The Balaban J connectivity index is 1.96. The Bertz CT molecular complexity index is 764. The molecule has 0 bridgehead atoms. The van der Waals surface area contributed by atoms with Gasteiger partial charge in [0.25, 0.3) is 5.91 Å². The van der Waals surface area contributed by atoms with Gasteiger partial charge in [-0.1, -0.05) is 12.1 Å². The van der Waals surface area contributed by atoms with Crippen LogP contribution in [0.3, 0.4) is 0 Å². The number of amides is 1. The Morgan fingerprint density at radius 2 is 1.87 bits per heavy atom. The molecule has 116 valence electrons. The Kier molecular flexibility index (Phi) is 5.42. The first-order valence-corrected chi connectivity index (χ1v) is 6.73. The molecule has 0 aromatic heterocycles. The van der Waals surface area contributed by atoms with Gasteiger partial charge >= 0.3 is 0 Å². The van der Waals surface area contributed by atoms with Gasteiger partial charge in [-0.05, 0) is 42.0 Å². The van der Waals surface area contributed by atoms with Crippen molar-refractivity contribution in [1.82, 2.24) is 5.32 Å². The van der Waals surface area contributed by atoms with Gasteiger partial charge in [0.1, 0.15) is 23.3 Å². The molecule has 0 aliphatic heterocycles. The summed E-state index contributed by atoms with van der Waals surface area (Å²) in [5.74, 6) is -1.40. The number of nitrogens with one attached hydrogen (secondary N) is 2. The van der Waals surface area contributed by atoms with Gasteiger partial charge in [-0.2, -0.15) is 5.26 Å². The van der Waals surface area contributed by atoms with Crippen molar-refractivity contribution in [3.63, 3.8) is 0 Å². The van der Waals surface area contributed by atoms with E-state index >= 15 is 0 Å². The van der Waals surface area contributed by atoms with Gasteiger partial charge in [0.15, 0.2) is 0 Å². The molecule has 0 aliphatic rings. The van der Waals surface area contributed by atoms with Crippen molar-refractivity contribution < 1.29 is 13.6 Å². The Hall–Kier alpha value is -3.20. The second-order valence-electron chi connectivity index (χ2n) is 4.64. The van der Waals surface area contributed by atoms with Crippen molar-refractivity contribution in [3.05, 3.63) is 77.5 Å². The first-order chi connectivity index (χ1) is 11.1. The molecule has 2 rings (SSSR count). The van der Waals surface area contributed by atoms with Gasteiger partial charge < -0.3 is 10.6 Å². The molecule has 0 fully saturated rings. The molecule has 0 spiro atoms. The fourth-order valence-electron chi connectivity index (χ4n) is 1.80. The number of hydrogen-bond acceptors (Lipinski definition) is 3. The molecule has 0 atom stereocenters. The molecule has 0 heterocycles. The topological polar surface area (TPSA) is 64.9 Å². The summed E-state index contributed by atoms with van der Waals surface area (Å²) in [7, 11) is 0. The van der Waals surface area contributed by atoms with Crippen molar-refractivity contribution in [2.75, 3.05) is 5.32 Å². The second kappa shape index (κ2) is 7.71. The fourth-order valence-corrected chi connectivity index (χ4v) is 1.80. The number of nitriles is 1. The quantitative estimate of drug-likeness (QED) is 0.658. The van der Waals surface area contributed by atoms with E-state index in [0.717, 1.165) is 0 Å². The number of anilines is 1. The van der Waals surface area contributed by atoms with Crippen molar-refractivity contribution >= 4 is 11.6 Å². The molecule has 2 aromatic rings. The number of nitrogens with zero attached hydrogens (tertiary/aromatic N) is 1. The van der Waals surface area contributed by atoms with Crippen LogP contribution in [0.25, 0.3) is 0 Å². The van der Waals surface area contributed by atoms with Crippen LogP contribution >= 0.6 is 0 Å². The minimum Gasteiger partial charge on any atom is -0.386 e. The second-order valence-corrected chi connectivity index (χ2v) is 4.64. The summed E-state index contributed by atoms with van der Waals surface area (Å²) in [6.07, 6.45) is 1.25. The van der Waals surface area contributed by atoms with Gasteiger partial charge in [0.05, 0.1) is 0 Å². The number of carbonyl (C=O) groups is 1. The maximum Gasteiger partial charge on any atom is 0.267 e. The molecular weight excluding hydrogens is 300 g/mol. The van der Waals surface area contributed by atoms with Crippen molar-refractivity contribution in [2.24, 2.45) is 0 Å². The fraction of sp³-hybridized carbons (Fsp3) is 0.0588. The Labute approximate surface area is 132 Å². The number of hydrogen-bond donors (Lipinski definition) is 2. The summed E-state index contributed by atoms with van der Waals surface area (Å²) >= 11 is 0. The van der Waals surface area contributed by atoms with E-state index in [1.807, 2.05) is 0 Å². The Morgan fingerprint density at radius 3 is 2.52 bits per heavy atom. The first kappa shape index (κ1) is 16.2. The smallest absolute Gasteiger partial charge is 0.267 e. The van der Waals surface area contributed by atoms with E-state index in [0.29, 0.717) is 11.3 Å². The third-order valence-electron chi connectivity index (χ3n) is 2.91. The van der Waals surface area contributed by atoms with Crippen LogP contribution in [-0.4, -0.2) is 5.91 Å². The molecule has 0 unspecified atom stereocenters. The van der Waals surface area contributed by atoms with E-state index < -0.39 is 11.7 Å². The van der Waals surface area contributed by atoms with Crippen LogP contribution in [0.5, 0.6) is 0 Å². The van der Waals surface area contributed by atoms with Gasteiger partial charge in [-0.3, -0.25) is 4.79 Å². The van der Waals surface area contributed by atoms with E-state index in [9.17, 15) is 13.6 Å². The van der Waals surface area contributed by atoms with Crippen molar-refractivity contribution in [1.29, 1.82) is 5.26 Å². The van der Waals surface area contributed by atoms with Gasteiger partial charge in [0, 0.05) is 18.4 Å². The molecule has 0 saturated heterocycles. The normalized spacial score (nSPS) is 10.7. The summed E-state index contributed by atoms with van der Waals surface area (Å²) in [4.78, 5) is 11.9. The summed E-state index contributed by atoms with van der Waals surface area (Å²) in [6.45, 7) is 0.271. The van der Waals surface area contributed by atoms with E-state index in [4.69, 9.17) is 5.26 Å². The first-order valence-electron chi connectivity index (χ1n) is 6.73. The summed E-state index contributed by atoms with van der Waals surface area (Å²) in [6, 6.07) is 12.9.